The van der Waals surface area contributed by atoms with Gasteiger partial charge in [-0.25, -0.2) is 14.4 Å². The normalized spacial score (nSPS) is 16.5. The van der Waals surface area contributed by atoms with Crippen LogP contribution in [-0.2, 0) is 28.0 Å². The second-order valence-electron chi connectivity index (χ2n) is 8.13. The Labute approximate surface area is 170 Å². The van der Waals surface area contributed by atoms with Crippen molar-refractivity contribution in [2.75, 3.05) is 26.9 Å². The van der Waals surface area contributed by atoms with E-state index in [0.29, 0.717) is 0 Å². The highest BCUT2D eigenvalue weighted by molar-refractivity contribution is 7.47. The maximum Gasteiger partial charge on any atom is 0.472 e. The first-order chi connectivity index (χ1) is 13.0. The van der Waals surface area contributed by atoms with Crippen LogP contribution in [0.4, 0.5) is 4.79 Å². The van der Waals surface area contributed by atoms with Crippen molar-refractivity contribution in [3.8, 4) is 0 Å². The number of aliphatic hydroxyl groups is 2. The zero-order valence-electron chi connectivity index (χ0n) is 17.9. The van der Waals surface area contributed by atoms with E-state index in [1.807, 2.05) is 0 Å². The summed E-state index contributed by atoms with van der Waals surface area (Å²) in [6.45, 7) is 7.86. The van der Waals surface area contributed by atoms with E-state index >= 15 is 0 Å². The average molecular weight is 444 g/mol. The largest absolute Gasteiger partial charge is 0.472 e. The molecule has 12 nitrogen and oxygen atoms in total. The van der Waals surface area contributed by atoms with Gasteiger partial charge in [-0.15, -0.1) is 0 Å². The molecule has 0 aliphatic heterocycles. The standard InChI is InChI=1S/C16H33N2O10P/c1-15(2,3)27-14(22)17-12(13(21)18(7)28-16(4,5)6)10-26-29(23,24)25-9-11(20)8-19/h11-12,19-20H,8-10H2,1-7H3,(H,17,22)(H,23,24)/t11-,12+/m1/s1. The third-order valence-corrected chi connectivity index (χ3v) is 3.71. The Morgan fingerprint density at radius 3 is 2.03 bits per heavy atom. The van der Waals surface area contributed by atoms with Crippen LogP contribution >= 0.6 is 7.82 Å². The van der Waals surface area contributed by atoms with E-state index in [9.17, 15) is 24.2 Å². The number of alkyl carbamates (subject to hydrolysis) is 1. The van der Waals surface area contributed by atoms with E-state index in [1.54, 1.807) is 41.5 Å². The molecule has 0 radical (unpaired) electrons. The van der Waals surface area contributed by atoms with Crippen LogP contribution < -0.4 is 5.32 Å². The zero-order valence-corrected chi connectivity index (χ0v) is 18.8. The van der Waals surface area contributed by atoms with E-state index < -0.39 is 63.0 Å². The SMILES string of the molecule is CN(OC(C)(C)C)C(=O)[C@H](COP(=O)(O)OC[C@H](O)CO)NC(=O)OC(C)(C)C. The van der Waals surface area contributed by atoms with Gasteiger partial charge in [0.1, 0.15) is 17.7 Å². The van der Waals surface area contributed by atoms with Crippen LogP contribution in [0.1, 0.15) is 41.5 Å². The number of hydrogen-bond donors (Lipinski definition) is 4. The fourth-order valence-corrected chi connectivity index (χ4v) is 2.51. The summed E-state index contributed by atoms with van der Waals surface area (Å²) in [5.74, 6) is -0.777. The van der Waals surface area contributed by atoms with Crippen molar-refractivity contribution in [3.05, 3.63) is 0 Å². The van der Waals surface area contributed by atoms with Crippen LogP contribution in [0.5, 0.6) is 0 Å². The van der Waals surface area contributed by atoms with Crippen molar-refractivity contribution < 1.29 is 47.9 Å². The van der Waals surface area contributed by atoms with Gasteiger partial charge in [-0.2, -0.15) is 0 Å². The van der Waals surface area contributed by atoms with Crippen LogP contribution in [-0.4, -0.2) is 82.4 Å². The molecule has 29 heavy (non-hydrogen) atoms. The van der Waals surface area contributed by atoms with Gasteiger partial charge in [-0.05, 0) is 41.5 Å². The Morgan fingerprint density at radius 1 is 1.07 bits per heavy atom. The molecule has 0 spiro atoms. The fourth-order valence-electron chi connectivity index (χ4n) is 1.74. The van der Waals surface area contributed by atoms with Crippen molar-refractivity contribution in [1.29, 1.82) is 0 Å². The second-order valence-corrected chi connectivity index (χ2v) is 9.59. The van der Waals surface area contributed by atoms with Crippen molar-refractivity contribution in [1.82, 2.24) is 10.4 Å². The number of nitrogens with zero attached hydrogens (tertiary/aromatic N) is 1. The maximum atomic E-state index is 12.6. The molecule has 0 aliphatic rings. The average Bonchev–Trinajstić information content (AvgIpc) is 2.52. The van der Waals surface area contributed by atoms with Gasteiger partial charge < -0.3 is 25.2 Å². The van der Waals surface area contributed by atoms with Crippen molar-refractivity contribution in [3.63, 3.8) is 0 Å². The summed E-state index contributed by atoms with van der Waals surface area (Å²) < 4.78 is 26.2. The minimum atomic E-state index is -4.68. The molecule has 3 atom stereocenters. The summed E-state index contributed by atoms with van der Waals surface area (Å²) in [5.41, 5.74) is -1.57. The molecule has 2 amide bonds. The van der Waals surface area contributed by atoms with Gasteiger partial charge in [-0.1, -0.05) is 0 Å². The molecule has 0 bridgehead atoms. The fraction of sp³-hybridized carbons (Fsp3) is 0.875. The topological polar surface area (TPSA) is 164 Å². The monoisotopic (exact) mass is 444 g/mol. The minimum absolute atomic E-state index is 0.671. The van der Waals surface area contributed by atoms with Crippen molar-refractivity contribution in [2.24, 2.45) is 0 Å². The summed E-state index contributed by atoms with van der Waals surface area (Å²) in [6, 6.07) is -1.44. The second kappa shape index (κ2) is 11.2. The van der Waals surface area contributed by atoms with Crippen molar-refractivity contribution in [2.45, 2.75) is 64.9 Å². The number of ether oxygens (including phenoxy) is 1. The molecule has 0 saturated heterocycles. The van der Waals surface area contributed by atoms with Crippen LogP contribution in [0.15, 0.2) is 0 Å². The molecule has 1 unspecified atom stereocenters. The molecule has 0 heterocycles. The Morgan fingerprint density at radius 2 is 1.59 bits per heavy atom. The van der Waals surface area contributed by atoms with E-state index in [2.05, 4.69) is 9.84 Å². The number of carbonyl (C=O) groups is 2. The lowest BCUT2D eigenvalue weighted by molar-refractivity contribution is -0.218. The van der Waals surface area contributed by atoms with E-state index in [0.717, 1.165) is 5.06 Å². The molecular weight excluding hydrogens is 411 g/mol. The summed E-state index contributed by atoms with van der Waals surface area (Å²) in [4.78, 5) is 39.7. The molecule has 4 N–H and O–H groups in total. The number of phosphoric ester groups is 1. The summed E-state index contributed by atoms with van der Waals surface area (Å²) in [7, 11) is -3.37. The Kier molecular flexibility index (Phi) is 10.7. The first kappa shape index (κ1) is 27.7. The number of rotatable bonds is 10. The highest BCUT2D eigenvalue weighted by atomic mass is 31.2. The van der Waals surface area contributed by atoms with Gasteiger partial charge in [0.25, 0.3) is 5.91 Å². The quantitative estimate of drug-likeness (QED) is 0.276. The molecule has 0 saturated carbocycles. The number of amides is 2. The number of hydroxylamine groups is 2. The van der Waals surface area contributed by atoms with Gasteiger partial charge in [0.2, 0.25) is 0 Å². The summed E-state index contributed by atoms with van der Waals surface area (Å²) >= 11 is 0. The number of carbonyl (C=O) groups excluding carboxylic acids is 2. The third kappa shape index (κ3) is 13.6. The molecular formula is C16H33N2O10P. The molecule has 0 aromatic carbocycles. The number of likely N-dealkylation sites (N-methyl/N-ethyl adjacent to an activating group) is 1. The first-order valence-corrected chi connectivity index (χ1v) is 10.3. The van der Waals surface area contributed by atoms with Gasteiger partial charge >= 0.3 is 13.9 Å². The summed E-state index contributed by atoms with van der Waals surface area (Å²) in [5, 5.41) is 21.0. The van der Waals surface area contributed by atoms with Crippen molar-refractivity contribution >= 4 is 19.8 Å². The predicted octanol–water partition coefficient (Wildman–Crippen LogP) is 0.555. The first-order valence-electron chi connectivity index (χ1n) is 8.83. The third-order valence-electron chi connectivity index (χ3n) is 2.76. The lowest BCUT2D eigenvalue weighted by Crippen LogP contribution is -2.52. The zero-order chi connectivity index (χ0) is 23.0. The minimum Gasteiger partial charge on any atom is -0.444 e. The van der Waals surface area contributed by atoms with E-state index in [4.69, 9.17) is 19.2 Å². The number of hydrogen-bond acceptors (Lipinski definition) is 9. The van der Waals surface area contributed by atoms with Gasteiger partial charge in [-0.3, -0.25) is 18.7 Å². The number of phosphoric acid groups is 1. The van der Waals surface area contributed by atoms with E-state index in [1.165, 1.54) is 7.05 Å². The highest BCUT2D eigenvalue weighted by Crippen LogP contribution is 2.43. The lowest BCUT2D eigenvalue weighted by Gasteiger charge is -2.30. The Balaban J connectivity index is 5.19. The molecule has 0 fully saturated rings. The molecule has 0 rings (SSSR count). The Hall–Kier alpha value is -1.27. The van der Waals surface area contributed by atoms with Crippen LogP contribution in [0, 0.1) is 0 Å². The Bertz CT molecular complexity index is 587. The molecule has 13 heteroatoms. The number of aliphatic hydroxyl groups excluding tert-OH is 2. The van der Waals surface area contributed by atoms with Gasteiger partial charge in [0.15, 0.2) is 0 Å². The van der Waals surface area contributed by atoms with Crippen LogP contribution in [0.3, 0.4) is 0 Å². The highest BCUT2D eigenvalue weighted by Gasteiger charge is 2.33. The smallest absolute Gasteiger partial charge is 0.444 e. The molecule has 0 aromatic rings. The maximum absolute atomic E-state index is 12.6. The van der Waals surface area contributed by atoms with Gasteiger partial charge in [0, 0.05) is 7.05 Å². The number of nitrogens with one attached hydrogen (secondary N) is 1. The van der Waals surface area contributed by atoms with E-state index in [-0.39, 0.29) is 0 Å². The lowest BCUT2D eigenvalue weighted by atomic mass is 10.2. The molecule has 172 valence electrons. The predicted molar refractivity (Wildman–Crippen MR) is 102 cm³/mol. The molecule has 0 aromatic heterocycles. The van der Waals surface area contributed by atoms with Crippen LogP contribution in [0.2, 0.25) is 0 Å². The molecule has 0 aliphatic carbocycles. The van der Waals surface area contributed by atoms with Gasteiger partial charge in [0.05, 0.1) is 25.4 Å². The van der Waals surface area contributed by atoms with Crippen LogP contribution in [0.25, 0.3) is 0 Å². The summed E-state index contributed by atoms with van der Waals surface area (Å²) in [6.07, 6.45) is -2.34.